The number of benzene rings is 1. The fourth-order valence-corrected chi connectivity index (χ4v) is 2.82. The zero-order valence-electron chi connectivity index (χ0n) is 12.4. The predicted octanol–water partition coefficient (Wildman–Crippen LogP) is 2.31. The van der Waals surface area contributed by atoms with Gasteiger partial charge in [-0.1, -0.05) is 6.07 Å². The van der Waals surface area contributed by atoms with Crippen LogP contribution in [0.15, 0.2) is 18.2 Å². The lowest BCUT2D eigenvalue weighted by atomic mass is 9.99. The van der Waals surface area contributed by atoms with Gasteiger partial charge in [-0.25, -0.2) is 8.78 Å². The quantitative estimate of drug-likeness (QED) is 0.874. The molecule has 1 heterocycles. The van der Waals surface area contributed by atoms with Crippen LogP contribution in [0.4, 0.5) is 8.78 Å². The Morgan fingerprint density at radius 3 is 2.19 bits per heavy atom. The van der Waals surface area contributed by atoms with Crippen LogP contribution in [0.5, 0.6) is 11.5 Å². The van der Waals surface area contributed by atoms with Gasteiger partial charge >= 0.3 is 0 Å². The first kappa shape index (κ1) is 16.0. The maximum atomic E-state index is 13.1. The molecular weight excluding hydrogens is 278 g/mol. The zero-order chi connectivity index (χ0) is 15.2. The smallest absolute Gasteiger partial charge is 0.240 e. The van der Waals surface area contributed by atoms with Gasteiger partial charge in [0.05, 0.1) is 19.8 Å². The molecule has 1 aliphatic heterocycles. The van der Waals surface area contributed by atoms with Gasteiger partial charge in [0.25, 0.3) is 0 Å². The van der Waals surface area contributed by atoms with Gasteiger partial charge in [0.2, 0.25) is 6.43 Å². The van der Waals surface area contributed by atoms with Crippen LogP contribution in [0.2, 0.25) is 0 Å². The van der Waals surface area contributed by atoms with Gasteiger partial charge in [0.15, 0.2) is 0 Å². The van der Waals surface area contributed by atoms with Crippen LogP contribution in [0.25, 0.3) is 0 Å². The molecule has 1 atom stereocenters. The lowest BCUT2D eigenvalue weighted by Gasteiger charge is -2.36. The predicted molar refractivity (Wildman–Crippen MR) is 77.4 cm³/mol. The molecule has 0 amide bonds. The molecule has 118 valence electrons. The molecule has 6 heteroatoms. The molecule has 4 nitrogen and oxygen atoms in total. The summed E-state index contributed by atoms with van der Waals surface area (Å²) in [5.41, 5.74) is 0.713. The van der Waals surface area contributed by atoms with E-state index < -0.39 is 12.5 Å². The minimum Gasteiger partial charge on any atom is -0.496 e. The van der Waals surface area contributed by atoms with Crippen molar-refractivity contribution in [2.75, 3.05) is 40.4 Å². The summed E-state index contributed by atoms with van der Waals surface area (Å²) >= 11 is 0. The van der Waals surface area contributed by atoms with Crippen molar-refractivity contribution in [2.24, 2.45) is 0 Å². The third kappa shape index (κ3) is 3.83. The molecule has 1 N–H and O–H groups in total. The summed E-state index contributed by atoms with van der Waals surface area (Å²) in [6, 6.07) is 4.98. The van der Waals surface area contributed by atoms with Gasteiger partial charge in [-0.2, -0.15) is 0 Å². The molecule has 1 aliphatic rings. The fourth-order valence-electron chi connectivity index (χ4n) is 2.82. The molecule has 0 radical (unpaired) electrons. The number of piperazine rings is 1. The van der Waals surface area contributed by atoms with Crippen LogP contribution in [-0.4, -0.2) is 51.7 Å². The topological polar surface area (TPSA) is 33.7 Å². The SMILES string of the molecule is COc1cccc(OC)c1[C@H](CC(F)F)N1CCNCC1. The molecule has 0 saturated carbocycles. The van der Waals surface area contributed by atoms with Crippen LogP contribution < -0.4 is 14.8 Å². The molecule has 0 aliphatic carbocycles. The summed E-state index contributed by atoms with van der Waals surface area (Å²) in [7, 11) is 3.10. The van der Waals surface area contributed by atoms with E-state index in [0.717, 1.165) is 26.2 Å². The molecule has 1 fully saturated rings. The molecule has 0 spiro atoms. The van der Waals surface area contributed by atoms with Crippen LogP contribution in [0, 0.1) is 0 Å². The number of hydrogen-bond donors (Lipinski definition) is 1. The minimum atomic E-state index is -2.38. The standard InChI is InChI=1S/C15H22F2N2O2/c1-20-12-4-3-5-13(21-2)15(12)11(10-14(16)17)19-8-6-18-7-9-19/h3-5,11,14,18H,6-10H2,1-2H3/t11-/m0/s1. The molecule has 1 aromatic carbocycles. The monoisotopic (exact) mass is 300 g/mol. The van der Waals surface area contributed by atoms with Crippen molar-refractivity contribution in [3.8, 4) is 11.5 Å². The third-order valence-electron chi connectivity index (χ3n) is 3.79. The summed E-state index contributed by atoms with van der Waals surface area (Å²) in [4.78, 5) is 2.07. The average Bonchev–Trinajstić information content (AvgIpc) is 2.52. The van der Waals surface area contributed by atoms with Crippen molar-refractivity contribution < 1.29 is 18.3 Å². The van der Waals surface area contributed by atoms with Crippen molar-refractivity contribution in [2.45, 2.75) is 18.9 Å². The highest BCUT2D eigenvalue weighted by Gasteiger charge is 2.30. The number of halogens is 2. The van der Waals surface area contributed by atoms with Gasteiger partial charge in [-0.05, 0) is 12.1 Å². The van der Waals surface area contributed by atoms with Crippen LogP contribution >= 0.6 is 0 Å². The average molecular weight is 300 g/mol. The number of rotatable bonds is 6. The first-order chi connectivity index (χ1) is 10.2. The Bertz CT molecular complexity index is 429. The van der Waals surface area contributed by atoms with E-state index >= 15 is 0 Å². The Balaban J connectivity index is 2.39. The fraction of sp³-hybridized carbons (Fsp3) is 0.600. The Morgan fingerprint density at radius 1 is 1.14 bits per heavy atom. The molecule has 1 saturated heterocycles. The van der Waals surface area contributed by atoms with E-state index in [1.54, 1.807) is 32.4 Å². The lowest BCUT2D eigenvalue weighted by molar-refractivity contribution is 0.0718. The second-order valence-electron chi connectivity index (χ2n) is 5.00. The number of ether oxygens (including phenoxy) is 2. The van der Waals surface area contributed by atoms with Crippen molar-refractivity contribution in [3.63, 3.8) is 0 Å². The maximum Gasteiger partial charge on any atom is 0.240 e. The highest BCUT2D eigenvalue weighted by atomic mass is 19.3. The summed E-state index contributed by atoms with van der Waals surface area (Å²) < 4.78 is 36.9. The van der Waals surface area contributed by atoms with E-state index in [4.69, 9.17) is 9.47 Å². The molecule has 1 aromatic rings. The van der Waals surface area contributed by atoms with Crippen molar-refractivity contribution in [1.82, 2.24) is 10.2 Å². The summed E-state index contributed by atoms with van der Waals surface area (Å²) in [5.74, 6) is 1.19. The van der Waals surface area contributed by atoms with E-state index in [0.29, 0.717) is 17.1 Å². The Kier molecular flexibility index (Phi) is 5.76. The first-order valence-electron chi connectivity index (χ1n) is 7.11. The summed E-state index contributed by atoms with van der Waals surface area (Å²) in [6.07, 6.45) is -2.60. The van der Waals surface area contributed by atoms with Crippen LogP contribution in [0.1, 0.15) is 18.0 Å². The van der Waals surface area contributed by atoms with E-state index in [-0.39, 0.29) is 6.42 Å². The van der Waals surface area contributed by atoms with Gasteiger partial charge < -0.3 is 14.8 Å². The Labute approximate surface area is 124 Å². The van der Waals surface area contributed by atoms with Crippen molar-refractivity contribution >= 4 is 0 Å². The van der Waals surface area contributed by atoms with Gasteiger partial charge in [-0.15, -0.1) is 0 Å². The number of alkyl halides is 2. The first-order valence-corrected chi connectivity index (χ1v) is 7.11. The highest BCUT2D eigenvalue weighted by Crippen LogP contribution is 2.40. The molecule has 0 bridgehead atoms. The highest BCUT2D eigenvalue weighted by molar-refractivity contribution is 5.47. The van der Waals surface area contributed by atoms with Crippen LogP contribution in [-0.2, 0) is 0 Å². The zero-order valence-corrected chi connectivity index (χ0v) is 12.4. The molecule has 21 heavy (non-hydrogen) atoms. The van der Waals surface area contributed by atoms with E-state index in [1.165, 1.54) is 0 Å². The second kappa shape index (κ2) is 7.56. The van der Waals surface area contributed by atoms with Gasteiger partial charge in [0.1, 0.15) is 11.5 Å². The summed E-state index contributed by atoms with van der Waals surface area (Å²) in [5, 5.41) is 3.24. The Hall–Kier alpha value is -1.40. The molecule has 2 rings (SSSR count). The van der Waals surface area contributed by atoms with Gasteiger partial charge in [-0.3, -0.25) is 4.90 Å². The molecule has 0 aromatic heterocycles. The molecular formula is C15H22F2N2O2. The molecule has 0 unspecified atom stereocenters. The lowest BCUT2D eigenvalue weighted by Crippen LogP contribution is -2.45. The number of nitrogens with one attached hydrogen (secondary N) is 1. The van der Waals surface area contributed by atoms with E-state index in [2.05, 4.69) is 10.2 Å². The third-order valence-corrected chi connectivity index (χ3v) is 3.79. The number of methoxy groups -OCH3 is 2. The normalized spacial score (nSPS) is 17.8. The summed E-state index contributed by atoms with van der Waals surface area (Å²) in [6.45, 7) is 3.07. The van der Waals surface area contributed by atoms with Gasteiger partial charge in [0, 0.05) is 38.6 Å². The van der Waals surface area contributed by atoms with E-state index in [9.17, 15) is 8.78 Å². The van der Waals surface area contributed by atoms with Crippen molar-refractivity contribution in [1.29, 1.82) is 0 Å². The number of nitrogens with zero attached hydrogens (tertiary/aromatic N) is 1. The van der Waals surface area contributed by atoms with Crippen LogP contribution in [0.3, 0.4) is 0 Å². The van der Waals surface area contributed by atoms with Crippen molar-refractivity contribution in [3.05, 3.63) is 23.8 Å². The Morgan fingerprint density at radius 2 is 1.71 bits per heavy atom. The van der Waals surface area contributed by atoms with E-state index in [1.807, 2.05) is 0 Å². The maximum absolute atomic E-state index is 13.1. The largest absolute Gasteiger partial charge is 0.496 e. The number of hydrogen-bond acceptors (Lipinski definition) is 4. The minimum absolute atomic E-state index is 0.225. The second-order valence-corrected chi connectivity index (χ2v) is 5.00.